The summed E-state index contributed by atoms with van der Waals surface area (Å²) in [5.41, 5.74) is 5.10. The molecule has 1 atom stereocenters. The van der Waals surface area contributed by atoms with E-state index >= 15 is 0 Å². The van der Waals surface area contributed by atoms with Crippen molar-refractivity contribution < 1.29 is 9.53 Å². The minimum atomic E-state index is -0.847. The lowest BCUT2D eigenvalue weighted by molar-refractivity contribution is -0.146. The molecular weight excluding hydrogens is 240 g/mol. The molecule has 19 heavy (non-hydrogen) atoms. The van der Waals surface area contributed by atoms with Gasteiger partial charge in [-0.05, 0) is 52.1 Å². The van der Waals surface area contributed by atoms with Crippen LogP contribution in [0.2, 0.25) is 0 Å². The fraction of sp³-hybridized carbons (Fsp3) is 0.933. The van der Waals surface area contributed by atoms with Crippen LogP contribution in [0.3, 0.4) is 0 Å². The average Bonchev–Trinajstić information content (AvgIpc) is 2.38. The van der Waals surface area contributed by atoms with Gasteiger partial charge >= 0.3 is 5.97 Å². The summed E-state index contributed by atoms with van der Waals surface area (Å²) < 4.78 is 4.72. The maximum absolute atomic E-state index is 11.5. The lowest BCUT2D eigenvalue weighted by Gasteiger charge is -2.28. The molecule has 112 valence electrons. The van der Waals surface area contributed by atoms with Crippen molar-refractivity contribution in [2.24, 2.45) is 11.7 Å². The van der Waals surface area contributed by atoms with E-state index in [4.69, 9.17) is 10.5 Å². The summed E-state index contributed by atoms with van der Waals surface area (Å²) in [7, 11) is 3.56. The zero-order valence-corrected chi connectivity index (χ0v) is 12.8. The number of esters is 1. The number of methoxy groups -OCH3 is 1. The molecule has 0 aliphatic heterocycles. The molecule has 0 aromatic rings. The van der Waals surface area contributed by atoms with Gasteiger partial charge in [0.25, 0.3) is 0 Å². The zero-order chi connectivity index (χ0) is 14.3. The van der Waals surface area contributed by atoms with Crippen molar-refractivity contribution in [2.75, 3.05) is 27.2 Å². The van der Waals surface area contributed by atoms with Gasteiger partial charge in [-0.15, -0.1) is 0 Å². The van der Waals surface area contributed by atoms with E-state index < -0.39 is 5.54 Å². The van der Waals surface area contributed by atoms with Crippen LogP contribution < -0.4 is 5.73 Å². The Morgan fingerprint density at radius 1 is 1.37 bits per heavy atom. The predicted molar refractivity (Wildman–Crippen MR) is 77.9 cm³/mol. The lowest BCUT2D eigenvalue weighted by Crippen LogP contribution is -2.46. The third-order valence-corrected chi connectivity index (χ3v) is 4.18. The van der Waals surface area contributed by atoms with Crippen LogP contribution in [0.5, 0.6) is 0 Å². The van der Waals surface area contributed by atoms with Gasteiger partial charge in [-0.3, -0.25) is 4.79 Å². The van der Waals surface area contributed by atoms with E-state index in [-0.39, 0.29) is 5.97 Å². The lowest BCUT2D eigenvalue weighted by atomic mass is 9.89. The van der Waals surface area contributed by atoms with Crippen molar-refractivity contribution in [1.29, 1.82) is 0 Å². The number of nitrogens with zero attached hydrogens (tertiary/aromatic N) is 1. The number of carbonyl (C=O) groups excluding carboxylic acids is 1. The summed E-state index contributed by atoms with van der Waals surface area (Å²) in [4.78, 5) is 13.8. The second-order valence-electron chi connectivity index (χ2n) is 6.28. The molecule has 0 radical (unpaired) electrons. The van der Waals surface area contributed by atoms with Gasteiger partial charge in [0.15, 0.2) is 0 Å². The van der Waals surface area contributed by atoms with E-state index in [1.807, 2.05) is 0 Å². The summed E-state index contributed by atoms with van der Waals surface area (Å²) in [5.74, 6) is 0.547. The Morgan fingerprint density at radius 2 is 2.00 bits per heavy atom. The van der Waals surface area contributed by atoms with Crippen molar-refractivity contribution in [3.05, 3.63) is 0 Å². The molecule has 0 aromatic carbocycles. The van der Waals surface area contributed by atoms with E-state index in [9.17, 15) is 4.79 Å². The quantitative estimate of drug-likeness (QED) is 0.720. The summed E-state index contributed by atoms with van der Waals surface area (Å²) in [6, 6.07) is 0. The highest BCUT2D eigenvalue weighted by molar-refractivity contribution is 5.79. The molecule has 1 rings (SSSR count). The number of rotatable bonds is 7. The van der Waals surface area contributed by atoms with Crippen LogP contribution in [0.25, 0.3) is 0 Å². The maximum atomic E-state index is 11.5. The largest absolute Gasteiger partial charge is 0.468 e. The van der Waals surface area contributed by atoms with Crippen molar-refractivity contribution in [3.8, 4) is 0 Å². The fourth-order valence-electron chi connectivity index (χ4n) is 2.95. The molecule has 2 N–H and O–H groups in total. The minimum Gasteiger partial charge on any atom is -0.468 e. The molecule has 1 unspecified atom stereocenters. The molecule has 0 aromatic heterocycles. The van der Waals surface area contributed by atoms with Gasteiger partial charge in [0.05, 0.1) is 7.11 Å². The topological polar surface area (TPSA) is 55.6 Å². The Morgan fingerprint density at radius 3 is 2.58 bits per heavy atom. The van der Waals surface area contributed by atoms with Gasteiger partial charge in [-0.2, -0.15) is 0 Å². The van der Waals surface area contributed by atoms with E-state index in [1.165, 1.54) is 45.8 Å². The van der Waals surface area contributed by atoms with Crippen LogP contribution >= 0.6 is 0 Å². The average molecular weight is 270 g/mol. The molecule has 0 spiro atoms. The van der Waals surface area contributed by atoms with Crippen LogP contribution in [0.15, 0.2) is 0 Å². The molecule has 1 saturated carbocycles. The van der Waals surface area contributed by atoms with E-state index in [0.29, 0.717) is 6.42 Å². The highest BCUT2D eigenvalue weighted by Gasteiger charge is 2.28. The zero-order valence-electron chi connectivity index (χ0n) is 12.8. The second-order valence-corrected chi connectivity index (χ2v) is 6.28. The Bertz CT molecular complexity index is 273. The first-order chi connectivity index (χ1) is 8.95. The van der Waals surface area contributed by atoms with Gasteiger partial charge in [-0.1, -0.05) is 19.3 Å². The van der Waals surface area contributed by atoms with Crippen LogP contribution in [-0.2, 0) is 9.53 Å². The maximum Gasteiger partial charge on any atom is 0.325 e. The predicted octanol–water partition coefficient (Wildman–Crippen LogP) is 2.17. The van der Waals surface area contributed by atoms with Crippen molar-refractivity contribution in [2.45, 2.75) is 57.4 Å². The Labute approximate surface area is 117 Å². The molecule has 0 bridgehead atoms. The first-order valence-corrected chi connectivity index (χ1v) is 7.51. The third-order valence-electron chi connectivity index (χ3n) is 4.18. The SMILES string of the molecule is COC(=O)C(C)(N)CCCN(C)CC1CCCCC1. The van der Waals surface area contributed by atoms with Crippen LogP contribution in [0.4, 0.5) is 0 Å². The number of hydrogen-bond acceptors (Lipinski definition) is 4. The van der Waals surface area contributed by atoms with Gasteiger partial charge in [-0.25, -0.2) is 0 Å². The van der Waals surface area contributed by atoms with Crippen molar-refractivity contribution in [1.82, 2.24) is 4.90 Å². The molecular formula is C15H30N2O2. The molecule has 1 aliphatic rings. The minimum absolute atomic E-state index is 0.317. The van der Waals surface area contributed by atoms with E-state index in [2.05, 4.69) is 11.9 Å². The Kier molecular flexibility index (Phi) is 6.80. The van der Waals surface area contributed by atoms with Crippen LogP contribution in [0, 0.1) is 5.92 Å². The molecule has 0 amide bonds. The molecule has 4 heteroatoms. The third kappa shape index (κ3) is 5.91. The summed E-state index contributed by atoms with van der Waals surface area (Å²) >= 11 is 0. The van der Waals surface area contributed by atoms with Crippen molar-refractivity contribution in [3.63, 3.8) is 0 Å². The van der Waals surface area contributed by atoms with Crippen LogP contribution in [-0.4, -0.2) is 43.7 Å². The van der Waals surface area contributed by atoms with E-state index in [0.717, 1.165) is 18.9 Å². The van der Waals surface area contributed by atoms with Gasteiger partial charge in [0.2, 0.25) is 0 Å². The smallest absolute Gasteiger partial charge is 0.325 e. The first kappa shape index (κ1) is 16.4. The fourth-order valence-corrected chi connectivity index (χ4v) is 2.95. The normalized spacial score (nSPS) is 20.3. The number of ether oxygens (including phenoxy) is 1. The highest BCUT2D eigenvalue weighted by atomic mass is 16.5. The molecule has 0 heterocycles. The second kappa shape index (κ2) is 7.85. The summed E-state index contributed by atoms with van der Waals surface area (Å²) in [5, 5.41) is 0. The Balaban J connectivity index is 2.19. The van der Waals surface area contributed by atoms with Crippen LogP contribution in [0.1, 0.15) is 51.9 Å². The van der Waals surface area contributed by atoms with Gasteiger partial charge in [0.1, 0.15) is 5.54 Å². The number of hydrogen-bond donors (Lipinski definition) is 1. The van der Waals surface area contributed by atoms with Gasteiger partial charge in [0, 0.05) is 6.54 Å². The molecule has 0 saturated heterocycles. The first-order valence-electron chi connectivity index (χ1n) is 7.51. The molecule has 1 aliphatic carbocycles. The standard InChI is InChI=1S/C15H30N2O2/c1-15(16,14(18)19-3)10-7-11-17(2)12-13-8-5-4-6-9-13/h13H,4-12,16H2,1-3H3. The van der Waals surface area contributed by atoms with Crippen molar-refractivity contribution >= 4 is 5.97 Å². The highest BCUT2D eigenvalue weighted by Crippen LogP contribution is 2.24. The van der Waals surface area contributed by atoms with Gasteiger partial charge < -0.3 is 15.4 Å². The Hall–Kier alpha value is -0.610. The molecule has 1 fully saturated rings. The monoisotopic (exact) mass is 270 g/mol. The molecule has 4 nitrogen and oxygen atoms in total. The summed E-state index contributed by atoms with van der Waals surface area (Å²) in [6.07, 6.45) is 8.55. The van der Waals surface area contributed by atoms with E-state index in [1.54, 1.807) is 6.92 Å². The number of nitrogens with two attached hydrogens (primary N) is 1. The summed E-state index contributed by atoms with van der Waals surface area (Å²) in [6.45, 7) is 3.93. The number of carbonyl (C=O) groups is 1.